The highest BCUT2D eigenvalue weighted by Crippen LogP contribution is 2.09. The molecule has 0 saturated carbocycles. The predicted molar refractivity (Wildman–Crippen MR) is 66.5 cm³/mol. The van der Waals surface area contributed by atoms with Gasteiger partial charge in [-0.2, -0.15) is 5.26 Å². The molecule has 0 spiro atoms. The summed E-state index contributed by atoms with van der Waals surface area (Å²) in [6, 6.07) is 8.83. The molecule has 0 aromatic heterocycles. The summed E-state index contributed by atoms with van der Waals surface area (Å²) in [5.74, 6) is -0.0311. The van der Waals surface area contributed by atoms with Crippen LogP contribution in [0.1, 0.15) is 22.8 Å². The molecule has 16 heavy (non-hydrogen) atoms. The van der Waals surface area contributed by atoms with Crippen LogP contribution in [0.2, 0.25) is 0 Å². The van der Waals surface area contributed by atoms with E-state index in [2.05, 4.69) is 15.9 Å². The summed E-state index contributed by atoms with van der Waals surface area (Å²) in [5, 5.41) is 9.39. The van der Waals surface area contributed by atoms with Gasteiger partial charge in [-0.15, -0.1) is 0 Å². The summed E-state index contributed by atoms with van der Waals surface area (Å²) >= 11 is 3.34. The molecular formula is C12H13BrN2O. The lowest BCUT2D eigenvalue weighted by molar-refractivity contribution is 0.0758. The fraction of sp³-hybridized carbons (Fsp3) is 0.333. The van der Waals surface area contributed by atoms with Crippen LogP contribution in [0.5, 0.6) is 0 Å². The maximum atomic E-state index is 12.0. The molecule has 1 aromatic carbocycles. The predicted octanol–water partition coefficient (Wildman–Crippen LogP) is 2.41. The van der Waals surface area contributed by atoms with Crippen LogP contribution >= 0.6 is 15.9 Å². The van der Waals surface area contributed by atoms with Gasteiger partial charge in [-0.05, 0) is 31.2 Å². The van der Waals surface area contributed by atoms with Gasteiger partial charge in [-0.1, -0.05) is 15.9 Å². The topological polar surface area (TPSA) is 44.1 Å². The van der Waals surface area contributed by atoms with Crippen LogP contribution in [-0.2, 0) is 0 Å². The third-order valence-electron chi connectivity index (χ3n) is 2.47. The fourth-order valence-electron chi connectivity index (χ4n) is 1.19. The van der Waals surface area contributed by atoms with Crippen molar-refractivity contribution >= 4 is 21.8 Å². The third-order valence-corrected chi connectivity index (χ3v) is 3.40. The summed E-state index contributed by atoms with van der Waals surface area (Å²) in [6.45, 7) is 1.97. The van der Waals surface area contributed by atoms with E-state index in [4.69, 9.17) is 5.26 Å². The molecule has 0 N–H and O–H groups in total. The molecule has 0 aliphatic carbocycles. The normalized spacial score (nSPS) is 11.6. The van der Waals surface area contributed by atoms with Crippen LogP contribution in [0.4, 0.5) is 0 Å². The molecule has 0 aliphatic heterocycles. The minimum atomic E-state index is -0.0311. The highest BCUT2D eigenvalue weighted by Gasteiger charge is 2.16. The van der Waals surface area contributed by atoms with Crippen LogP contribution < -0.4 is 0 Å². The SMILES string of the molecule is CC(CBr)N(C)C(=O)c1ccc(C#N)cc1. The quantitative estimate of drug-likeness (QED) is 0.799. The lowest BCUT2D eigenvalue weighted by atomic mass is 10.1. The molecule has 0 bridgehead atoms. The van der Waals surface area contributed by atoms with Gasteiger partial charge in [0, 0.05) is 24.0 Å². The molecule has 1 amide bonds. The summed E-state index contributed by atoms with van der Waals surface area (Å²) < 4.78 is 0. The average Bonchev–Trinajstić information content (AvgIpc) is 2.36. The smallest absolute Gasteiger partial charge is 0.253 e. The van der Waals surface area contributed by atoms with E-state index in [1.807, 2.05) is 13.0 Å². The molecule has 84 valence electrons. The van der Waals surface area contributed by atoms with Crippen molar-refractivity contribution in [1.29, 1.82) is 5.26 Å². The molecule has 1 rings (SSSR count). The number of nitrogens with zero attached hydrogens (tertiary/aromatic N) is 2. The molecule has 3 nitrogen and oxygen atoms in total. The molecule has 1 atom stereocenters. The van der Waals surface area contributed by atoms with Crippen LogP contribution in [0, 0.1) is 11.3 Å². The van der Waals surface area contributed by atoms with Crippen molar-refractivity contribution in [3.8, 4) is 6.07 Å². The zero-order valence-corrected chi connectivity index (χ0v) is 10.9. The van der Waals surface area contributed by atoms with Crippen molar-refractivity contribution in [2.45, 2.75) is 13.0 Å². The molecule has 4 heteroatoms. The summed E-state index contributed by atoms with van der Waals surface area (Å²) in [4.78, 5) is 13.6. The van der Waals surface area contributed by atoms with Crippen LogP contribution in [0.15, 0.2) is 24.3 Å². The zero-order chi connectivity index (χ0) is 12.1. The Morgan fingerprint density at radius 1 is 1.50 bits per heavy atom. The van der Waals surface area contributed by atoms with Gasteiger partial charge in [-0.25, -0.2) is 0 Å². The Balaban J connectivity index is 2.85. The Kier molecular flexibility index (Phi) is 4.51. The van der Waals surface area contributed by atoms with Gasteiger partial charge in [0.15, 0.2) is 0 Å². The first-order valence-electron chi connectivity index (χ1n) is 4.93. The first-order chi connectivity index (χ1) is 7.60. The second kappa shape index (κ2) is 5.66. The Morgan fingerprint density at radius 2 is 2.06 bits per heavy atom. The fourth-order valence-corrected chi connectivity index (χ4v) is 1.63. The van der Waals surface area contributed by atoms with E-state index in [1.54, 1.807) is 36.2 Å². The van der Waals surface area contributed by atoms with Gasteiger partial charge in [0.25, 0.3) is 5.91 Å². The second-order valence-corrected chi connectivity index (χ2v) is 4.26. The van der Waals surface area contributed by atoms with E-state index in [1.165, 1.54) is 0 Å². The van der Waals surface area contributed by atoms with E-state index in [0.717, 1.165) is 5.33 Å². The Hall–Kier alpha value is -1.34. The molecule has 0 aliphatic rings. The van der Waals surface area contributed by atoms with E-state index < -0.39 is 0 Å². The van der Waals surface area contributed by atoms with Gasteiger partial charge in [0.2, 0.25) is 0 Å². The summed E-state index contributed by atoms with van der Waals surface area (Å²) in [6.07, 6.45) is 0. The number of rotatable bonds is 3. The maximum absolute atomic E-state index is 12.0. The lowest BCUT2D eigenvalue weighted by Gasteiger charge is -2.23. The lowest BCUT2D eigenvalue weighted by Crippen LogP contribution is -2.36. The highest BCUT2D eigenvalue weighted by molar-refractivity contribution is 9.09. The number of hydrogen-bond acceptors (Lipinski definition) is 2. The number of halogens is 1. The number of benzene rings is 1. The van der Waals surface area contributed by atoms with E-state index in [9.17, 15) is 4.79 Å². The van der Waals surface area contributed by atoms with E-state index >= 15 is 0 Å². The number of hydrogen-bond donors (Lipinski definition) is 0. The Labute approximate surface area is 104 Å². The van der Waals surface area contributed by atoms with Crippen molar-refractivity contribution in [2.75, 3.05) is 12.4 Å². The monoisotopic (exact) mass is 280 g/mol. The van der Waals surface area contributed by atoms with Crippen molar-refractivity contribution in [1.82, 2.24) is 4.90 Å². The van der Waals surface area contributed by atoms with Gasteiger partial charge in [-0.3, -0.25) is 4.79 Å². The minimum absolute atomic E-state index is 0.0311. The van der Waals surface area contributed by atoms with Gasteiger partial charge in [0.05, 0.1) is 11.6 Å². The van der Waals surface area contributed by atoms with E-state index in [0.29, 0.717) is 11.1 Å². The van der Waals surface area contributed by atoms with Crippen molar-refractivity contribution in [3.63, 3.8) is 0 Å². The number of nitriles is 1. The zero-order valence-electron chi connectivity index (χ0n) is 9.27. The molecule has 0 saturated heterocycles. The molecule has 0 heterocycles. The Morgan fingerprint density at radius 3 is 2.50 bits per heavy atom. The summed E-state index contributed by atoms with van der Waals surface area (Å²) in [7, 11) is 1.77. The van der Waals surface area contributed by atoms with Crippen molar-refractivity contribution in [2.24, 2.45) is 0 Å². The average molecular weight is 281 g/mol. The van der Waals surface area contributed by atoms with Crippen LogP contribution in [0.3, 0.4) is 0 Å². The maximum Gasteiger partial charge on any atom is 0.253 e. The molecule has 1 unspecified atom stereocenters. The highest BCUT2D eigenvalue weighted by atomic mass is 79.9. The second-order valence-electron chi connectivity index (χ2n) is 3.61. The van der Waals surface area contributed by atoms with Gasteiger partial charge >= 0.3 is 0 Å². The van der Waals surface area contributed by atoms with Crippen LogP contribution in [0.25, 0.3) is 0 Å². The molecule has 0 radical (unpaired) electrons. The first-order valence-corrected chi connectivity index (χ1v) is 6.05. The molecule has 0 fully saturated rings. The largest absolute Gasteiger partial charge is 0.338 e. The molecular weight excluding hydrogens is 268 g/mol. The number of alkyl halides is 1. The third kappa shape index (κ3) is 2.83. The van der Waals surface area contributed by atoms with Gasteiger partial charge < -0.3 is 4.90 Å². The number of carbonyl (C=O) groups is 1. The van der Waals surface area contributed by atoms with Crippen molar-refractivity contribution < 1.29 is 4.79 Å². The van der Waals surface area contributed by atoms with Crippen molar-refractivity contribution in [3.05, 3.63) is 35.4 Å². The van der Waals surface area contributed by atoms with E-state index in [-0.39, 0.29) is 11.9 Å². The number of carbonyl (C=O) groups excluding carboxylic acids is 1. The first kappa shape index (κ1) is 12.7. The van der Waals surface area contributed by atoms with Crippen LogP contribution in [-0.4, -0.2) is 29.2 Å². The summed E-state index contributed by atoms with van der Waals surface area (Å²) in [5.41, 5.74) is 1.17. The van der Waals surface area contributed by atoms with Gasteiger partial charge in [0.1, 0.15) is 0 Å². The molecule has 1 aromatic rings. The standard InChI is InChI=1S/C12H13BrN2O/c1-9(7-13)15(2)12(16)11-5-3-10(8-14)4-6-11/h3-6,9H,7H2,1-2H3. The minimum Gasteiger partial charge on any atom is -0.338 e. The Bertz CT molecular complexity index is 408. The number of amides is 1.